The largest absolute Gasteiger partial charge is 0.373 e. The van der Waals surface area contributed by atoms with Crippen molar-refractivity contribution in [1.82, 2.24) is 0 Å². The van der Waals surface area contributed by atoms with Gasteiger partial charge in [0.1, 0.15) is 5.82 Å². The van der Waals surface area contributed by atoms with Gasteiger partial charge in [0.15, 0.2) is 23.3 Å². The minimum absolute atomic E-state index is 0.0605. The van der Waals surface area contributed by atoms with Crippen LogP contribution in [-0.4, -0.2) is 6.61 Å². The lowest BCUT2D eigenvalue weighted by atomic mass is 9.92. The Morgan fingerprint density at radius 1 is 0.829 bits per heavy atom. The molecular weight excluding hydrogens is 459 g/mol. The van der Waals surface area contributed by atoms with Crippen molar-refractivity contribution in [3.8, 4) is 22.3 Å². The molecule has 1 aliphatic rings. The minimum Gasteiger partial charge on any atom is -0.373 e. The Morgan fingerprint density at radius 3 is 2.11 bits per heavy atom. The predicted octanol–water partition coefficient (Wildman–Crippen LogP) is 8.71. The molecule has 1 aliphatic heterocycles. The highest BCUT2D eigenvalue weighted by Crippen LogP contribution is 2.38. The topological polar surface area (TPSA) is 9.23 Å². The second-order valence-corrected chi connectivity index (χ2v) is 8.86. The highest BCUT2D eigenvalue weighted by atomic mass is 19.2. The summed E-state index contributed by atoms with van der Waals surface area (Å²) in [6.45, 7) is 4.23. The summed E-state index contributed by atoms with van der Waals surface area (Å²) in [5.74, 6) is -5.24. The number of allylic oxidation sites excluding steroid dienone is 1. The number of rotatable bonds is 6. The summed E-state index contributed by atoms with van der Waals surface area (Å²) in [5.41, 5.74) is -0.234. The van der Waals surface area contributed by atoms with Crippen molar-refractivity contribution in [3.05, 3.63) is 94.8 Å². The van der Waals surface area contributed by atoms with E-state index in [1.807, 2.05) is 26.0 Å². The van der Waals surface area contributed by atoms with Gasteiger partial charge in [0.2, 0.25) is 0 Å². The van der Waals surface area contributed by atoms with Crippen molar-refractivity contribution >= 4 is 0 Å². The fourth-order valence-electron chi connectivity index (χ4n) is 4.63. The van der Waals surface area contributed by atoms with Gasteiger partial charge in [0.25, 0.3) is 0 Å². The fourth-order valence-corrected chi connectivity index (χ4v) is 4.63. The summed E-state index contributed by atoms with van der Waals surface area (Å²) in [6.07, 6.45) is 5.93. The van der Waals surface area contributed by atoms with Crippen LogP contribution in [0.4, 0.5) is 22.0 Å². The summed E-state index contributed by atoms with van der Waals surface area (Å²) in [4.78, 5) is 0. The fraction of sp³-hybridized carbons (Fsp3) is 0.310. The average Bonchev–Trinajstić information content (AvgIpc) is 2.85. The Balaban J connectivity index is 1.64. The van der Waals surface area contributed by atoms with Crippen LogP contribution in [0.2, 0.25) is 0 Å². The van der Waals surface area contributed by atoms with E-state index in [0.29, 0.717) is 25.0 Å². The molecule has 1 fully saturated rings. The van der Waals surface area contributed by atoms with Crippen LogP contribution in [0.5, 0.6) is 0 Å². The molecule has 0 aromatic heterocycles. The van der Waals surface area contributed by atoms with Crippen LogP contribution in [0.3, 0.4) is 0 Å². The number of ether oxygens (including phenoxy) is 1. The van der Waals surface area contributed by atoms with Crippen LogP contribution in [-0.2, 0) is 11.2 Å². The van der Waals surface area contributed by atoms with Crippen LogP contribution < -0.4 is 0 Å². The van der Waals surface area contributed by atoms with Crippen molar-refractivity contribution < 1.29 is 26.7 Å². The zero-order chi connectivity index (χ0) is 25.1. The highest BCUT2D eigenvalue weighted by molar-refractivity contribution is 5.72. The standard InChI is InChI=1S/C29H27F5O/c1-3-5-17-7-14-25(35-16-17)23-13-12-22(28(33)29(23)34)21-11-10-20(26(31)27(21)32)19-9-8-18(6-4-2)24(30)15-19/h3,5,8-13,15,17,25H,4,6-7,14,16H2,1-2H3. The van der Waals surface area contributed by atoms with Gasteiger partial charge in [-0.2, -0.15) is 0 Å². The first kappa shape index (κ1) is 25.1. The van der Waals surface area contributed by atoms with Gasteiger partial charge in [0.05, 0.1) is 12.7 Å². The highest BCUT2D eigenvalue weighted by Gasteiger charge is 2.27. The van der Waals surface area contributed by atoms with E-state index >= 15 is 8.78 Å². The second kappa shape index (κ2) is 10.7. The smallest absolute Gasteiger partial charge is 0.167 e. The van der Waals surface area contributed by atoms with E-state index in [0.717, 1.165) is 18.9 Å². The first-order chi connectivity index (χ1) is 16.8. The molecule has 4 rings (SSSR count). The van der Waals surface area contributed by atoms with Gasteiger partial charge in [-0.1, -0.05) is 61.9 Å². The molecule has 2 atom stereocenters. The van der Waals surface area contributed by atoms with E-state index in [1.165, 1.54) is 30.3 Å². The van der Waals surface area contributed by atoms with Gasteiger partial charge >= 0.3 is 0 Å². The van der Waals surface area contributed by atoms with E-state index in [9.17, 15) is 13.2 Å². The molecule has 35 heavy (non-hydrogen) atoms. The molecule has 0 bridgehead atoms. The van der Waals surface area contributed by atoms with Crippen molar-refractivity contribution in [3.63, 3.8) is 0 Å². The third-order valence-corrected chi connectivity index (χ3v) is 6.49. The monoisotopic (exact) mass is 486 g/mol. The lowest BCUT2D eigenvalue weighted by Crippen LogP contribution is -2.20. The molecular formula is C29H27F5O. The number of benzene rings is 3. The number of hydrogen-bond donors (Lipinski definition) is 0. The third kappa shape index (κ3) is 5.03. The van der Waals surface area contributed by atoms with Crippen molar-refractivity contribution in [1.29, 1.82) is 0 Å². The SMILES string of the molecule is CC=CC1CCC(c2ccc(-c3ccc(-c4ccc(CCC)c(F)c4)c(F)c3F)c(F)c2F)OC1. The number of halogens is 5. The summed E-state index contributed by atoms with van der Waals surface area (Å²) in [5, 5.41) is 0. The molecule has 1 heterocycles. The summed E-state index contributed by atoms with van der Waals surface area (Å²) in [7, 11) is 0. The molecule has 0 N–H and O–H groups in total. The first-order valence-electron chi connectivity index (χ1n) is 11.8. The maximum absolute atomic E-state index is 15.0. The molecule has 3 aromatic carbocycles. The van der Waals surface area contributed by atoms with Crippen LogP contribution in [0, 0.1) is 35.0 Å². The molecule has 184 valence electrons. The normalized spacial score (nSPS) is 18.4. The Morgan fingerprint density at radius 2 is 1.49 bits per heavy atom. The van der Waals surface area contributed by atoms with Gasteiger partial charge < -0.3 is 4.74 Å². The third-order valence-electron chi connectivity index (χ3n) is 6.49. The van der Waals surface area contributed by atoms with E-state index in [1.54, 1.807) is 6.07 Å². The molecule has 0 saturated carbocycles. The minimum atomic E-state index is -1.32. The first-order valence-corrected chi connectivity index (χ1v) is 11.8. The molecule has 0 aliphatic carbocycles. The van der Waals surface area contributed by atoms with E-state index < -0.39 is 40.8 Å². The molecule has 1 nitrogen and oxygen atoms in total. The van der Waals surface area contributed by atoms with Crippen molar-refractivity contribution in [2.45, 2.75) is 45.6 Å². The molecule has 0 radical (unpaired) electrons. The number of hydrogen-bond acceptors (Lipinski definition) is 1. The van der Waals surface area contributed by atoms with Gasteiger partial charge in [-0.25, -0.2) is 22.0 Å². The summed E-state index contributed by atoms with van der Waals surface area (Å²) in [6, 6.07) is 9.25. The van der Waals surface area contributed by atoms with Gasteiger partial charge in [0, 0.05) is 28.2 Å². The summed E-state index contributed by atoms with van der Waals surface area (Å²) >= 11 is 0. The van der Waals surface area contributed by atoms with Crippen LogP contribution in [0.25, 0.3) is 22.3 Å². The lowest BCUT2D eigenvalue weighted by molar-refractivity contribution is -0.00743. The zero-order valence-corrected chi connectivity index (χ0v) is 19.7. The molecule has 0 amide bonds. The van der Waals surface area contributed by atoms with Crippen LogP contribution in [0.1, 0.15) is 50.3 Å². The molecule has 0 spiro atoms. The molecule has 3 aromatic rings. The molecule has 2 unspecified atom stereocenters. The summed E-state index contributed by atoms with van der Waals surface area (Å²) < 4.78 is 80.1. The van der Waals surface area contributed by atoms with E-state index in [-0.39, 0.29) is 28.2 Å². The Bertz CT molecular complexity index is 1240. The predicted molar refractivity (Wildman–Crippen MR) is 127 cm³/mol. The van der Waals surface area contributed by atoms with E-state index in [4.69, 9.17) is 4.74 Å². The lowest BCUT2D eigenvalue weighted by Gasteiger charge is -2.28. The quantitative estimate of drug-likeness (QED) is 0.250. The maximum atomic E-state index is 15.0. The van der Waals surface area contributed by atoms with Crippen LogP contribution in [0.15, 0.2) is 54.6 Å². The Labute approximate surface area is 202 Å². The van der Waals surface area contributed by atoms with Gasteiger partial charge in [-0.3, -0.25) is 0 Å². The Hall–Kier alpha value is -2.99. The van der Waals surface area contributed by atoms with Gasteiger partial charge in [-0.15, -0.1) is 0 Å². The van der Waals surface area contributed by atoms with Crippen molar-refractivity contribution in [2.75, 3.05) is 6.61 Å². The van der Waals surface area contributed by atoms with Gasteiger partial charge in [-0.05, 0) is 43.4 Å². The van der Waals surface area contributed by atoms with Crippen molar-refractivity contribution in [2.24, 2.45) is 5.92 Å². The zero-order valence-electron chi connectivity index (χ0n) is 19.7. The molecule has 1 saturated heterocycles. The molecule has 6 heteroatoms. The Kier molecular flexibility index (Phi) is 7.70. The average molecular weight is 487 g/mol. The maximum Gasteiger partial charge on any atom is 0.167 e. The van der Waals surface area contributed by atoms with Crippen LogP contribution >= 0.6 is 0 Å². The number of aryl methyl sites for hydroxylation is 1. The second-order valence-electron chi connectivity index (χ2n) is 8.86. The van der Waals surface area contributed by atoms with E-state index in [2.05, 4.69) is 0 Å².